The summed E-state index contributed by atoms with van der Waals surface area (Å²) in [5, 5.41) is 1.13. The maximum Gasteiger partial charge on any atom is 0.338 e. The minimum atomic E-state index is -0.540. The van der Waals surface area contributed by atoms with Gasteiger partial charge in [0.15, 0.2) is 0 Å². The molecule has 7 nitrogen and oxygen atoms in total. The van der Waals surface area contributed by atoms with Crippen molar-refractivity contribution in [1.82, 2.24) is 14.4 Å². The second-order valence-electron chi connectivity index (χ2n) is 10.5. The molecule has 1 saturated heterocycles. The standard InChI is InChI=1S/C29H33N3O4/c1-7-35-21-12-13-24-22(14-21)26-23-16-31(28(34)30(6)18(23)2)17-25(26)32(24)15-19-8-10-20(11-9-19)27(33)36-29(3,4)5/h8-14,23H,2,7,15-17H2,1,3-6H3. The second-order valence-corrected chi connectivity index (χ2v) is 10.5. The number of esters is 1. The van der Waals surface area contributed by atoms with E-state index in [0.29, 0.717) is 31.8 Å². The van der Waals surface area contributed by atoms with E-state index in [1.165, 1.54) is 5.56 Å². The number of aromatic nitrogens is 1. The average Bonchev–Trinajstić information content (AvgIpc) is 3.13. The molecule has 5 rings (SSSR count). The van der Waals surface area contributed by atoms with E-state index in [-0.39, 0.29) is 17.9 Å². The molecule has 188 valence electrons. The van der Waals surface area contributed by atoms with Crippen LogP contribution in [0.1, 0.15) is 60.8 Å². The predicted molar refractivity (Wildman–Crippen MR) is 139 cm³/mol. The summed E-state index contributed by atoms with van der Waals surface area (Å²) in [6.07, 6.45) is 0. The monoisotopic (exact) mass is 487 g/mol. The summed E-state index contributed by atoms with van der Waals surface area (Å²) in [7, 11) is 1.80. The van der Waals surface area contributed by atoms with Gasteiger partial charge in [-0.1, -0.05) is 18.7 Å². The Kier molecular flexibility index (Phi) is 5.81. The van der Waals surface area contributed by atoms with Crippen LogP contribution in [0.4, 0.5) is 4.79 Å². The SMILES string of the molecule is C=C1C2CN(Cc3c2c2cc(OCC)ccc2n3Cc2ccc(C(=O)OC(C)(C)C)cc2)C(=O)N1C. The first-order valence-corrected chi connectivity index (χ1v) is 12.4. The number of fused-ring (bicyclic) bond motifs is 6. The number of benzene rings is 2. The molecule has 1 unspecified atom stereocenters. The van der Waals surface area contributed by atoms with Crippen LogP contribution in [0.3, 0.4) is 0 Å². The summed E-state index contributed by atoms with van der Waals surface area (Å²) in [6, 6.07) is 13.7. The van der Waals surface area contributed by atoms with E-state index >= 15 is 0 Å². The molecule has 0 aliphatic carbocycles. The summed E-state index contributed by atoms with van der Waals surface area (Å²) in [5.41, 5.74) is 5.30. The molecule has 2 amide bonds. The van der Waals surface area contributed by atoms with E-state index in [9.17, 15) is 9.59 Å². The largest absolute Gasteiger partial charge is 0.494 e. The van der Waals surface area contributed by atoms with Crippen LogP contribution in [0.15, 0.2) is 54.7 Å². The Morgan fingerprint density at radius 2 is 1.86 bits per heavy atom. The number of urea groups is 1. The van der Waals surface area contributed by atoms with Crippen LogP contribution in [0.2, 0.25) is 0 Å². The molecule has 2 bridgehead atoms. The zero-order chi connectivity index (χ0) is 25.8. The minimum Gasteiger partial charge on any atom is -0.494 e. The molecule has 2 aromatic carbocycles. The predicted octanol–water partition coefficient (Wildman–Crippen LogP) is 5.52. The fourth-order valence-corrected chi connectivity index (χ4v) is 5.22. The van der Waals surface area contributed by atoms with Gasteiger partial charge in [0.05, 0.1) is 18.7 Å². The van der Waals surface area contributed by atoms with Crippen molar-refractivity contribution in [2.75, 3.05) is 20.2 Å². The number of nitrogens with zero attached hydrogens (tertiary/aromatic N) is 3. The third kappa shape index (κ3) is 4.12. The fourth-order valence-electron chi connectivity index (χ4n) is 5.22. The third-order valence-electron chi connectivity index (χ3n) is 6.91. The molecule has 0 spiro atoms. The lowest BCUT2D eigenvalue weighted by atomic mass is 9.87. The van der Waals surface area contributed by atoms with Crippen molar-refractivity contribution in [3.63, 3.8) is 0 Å². The van der Waals surface area contributed by atoms with Gasteiger partial charge in [0.2, 0.25) is 0 Å². The topological polar surface area (TPSA) is 64.0 Å². The van der Waals surface area contributed by atoms with Crippen LogP contribution >= 0.6 is 0 Å². The number of hydrogen-bond donors (Lipinski definition) is 0. The fraction of sp³-hybridized carbons (Fsp3) is 0.379. The summed E-state index contributed by atoms with van der Waals surface area (Å²) in [6.45, 7) is 14.2. The lowest BCUT2D eigenvalue weighted by Gasteiger charge is -2.44. The minimum absolute atomic E-state index is 0.0181. The van der Waals surface area contributed by atoms with Crippen molar-refractivity contribution in [3.05, 3.63) is 77.1 Å². The number of amides is 2. The van der Waals surface area contributed by atoms with Gasteiger partial charge >= 0.3 is 12.0 Å². The summed E-state index contributed by atoms with van der Waals surface area (Å²) < 4.78 is 13.6. The maximum atomic E-state index is 12.9. The summed E-state index contributed by atoms with van der Waals surface area (Å²) >= 11 is 0. The molecule has 2 aliphatic rings. The molecule has 1 fully saturated rings. The first-order chi connectivity index (χ1) is 17.1. The highest BCUT2D eigenvalue weighted by atomic mass is 16.6. The van der Waals surface area contributed by atoms with Gasteiger partial charge in [-0.2, -0.15) is 0 Å². The van der Waals surface area contributed by atoms with Crippen LogP contribution in [-0.4, -0.2) is 52.2 Å². The van der Waals surface area contributed by atoms with Gasteiger partial charge in [0.25, 0.3) is 0 Å². The highest BCUT2D eigenvalue weighted by Crippen LogP contribution is 2.44. The molecule has 3 aromatic rings. The zero-order valence-electron chi connectivity index (χ0n) is 21.6. The van der Waals surface area contributed by atoms with E-state index in [1.807, 2.05) is 62.9 Å². The quantitative estimate of drug-likeness (QED) is 0.445. The Labute approximate surface area is 211 Å². The molecule has 7 heteroatoms. The second kappa shape index (κ2) is 8.73. The van der Waals surface area contributed by atoms with Crippen LogP contribution in [-0.2, 0) is 17.8 Å². The molecule has 2 aliphatic heterocycles. The van der Waals surface area contributed by atoms with Gasteiger partial charge in [-0.05, 0) is 69.2 Å². The number of hydrogen-bond acceptors (Lipinski definition) is 4. The zero-order valence-corrected chi connectivity index (χ0v) is 21.6. The van der Waals surface area contributed by atoms with Gasteiger partial charge < -0.3 is 23.8 Å². The Morgan fingerprint density at radius 1 is 1.14 bits per heavy atom. The molecule has 1 atom stereocenters. The molecule has 0 radical (unpaired) electrons. The third-order valence-corrected chi connectivity index (χ3v) is 6.91. The number of rotatable bonds is 5. The van der Waals surface area contributed by atoms with Crippen molar-refractivity contribution < 1.29 is 19.1 Å². The first kappa shape index (κ1) is 24.0. The van der Waals surface area contributed by atoms with Crippen LogP contribution < -0.4 is 4.74 Å². The van der Waals surface area contributed by atoms with Crippen molar-refractivity contribution in [3.8, 4) is 5.75 Å². The molecule has 0 N–H and O–H groups in total. The summed E-state index contributed by atoms with van der Waals surface area (Å²) in [4.78, 5) is 28.9. The highest BCUT2D eigenvalue weighted by molar-refractivity contribution is 5.91. The number of ether oxygens (including phenoxy) is 2. The van der Waals surface area contributed by atoms with E-state index in [1.54, 1.807) is 11.9 Å². The van der Waals surface area contributed by atoms with Gasteiger partial charge in [0.1, 0.15) is 11.4 Å². The molecule has 36 heavy (non-hydrogen) atoms. The summed E-state index contributed by atoms with van der Waals surface area (Å²) in [5.74, 6) is 0.537. The Morgan fingerprint density at radius 3 is 2.53 bits per heavy atom. The normalized spacial score (nSPS) is 17.4. The lowest BCUT2D eigenvalue weighted by Crippen LogP contribution is -2.51. The van der Waals surface area contributed by atoms with Gasteiger partial charge in [-0.3, -0.25) is 0 Å². The van der Waals surface area contributed by atoms with Crippen LogP contribution in [0.5, 0.6) is 5.75 Å². The van der Waals surface area contributed by atoms with E-state index in [4.69, 9.17) is 9.47 Å². The Bertz CT molecular complexity index is 1360. The lowest BCUT2D eigenvalue weighted by molar-refractivity contribution is 0.00694. The molecule has 0 saturated carbocycles. The van der Waals surface area contributed by atoms with Gasteiger partial charge in [-0.15, -0.1) is 0 Å². The van der Waals surface area contributed by atoms with Crippen LogP contribution in [0, 0.1) is 0 Å². The van der Waals surface area contributed by atoms with Gasteiger partial charge in [-0.25, -0.2) is 9.59 Å². The van der Waals surface area contributed by atoms with Crippen molar-refractivity contribution in [1.29, 1.82) is 0 Å². The van der Waals surface area contributed by atoms with Gasteiger partial charge in [0, 0.05) is 48.3 Å². The molecular weight excluding hydrogens is 454 g/mol. The van der Waals surface area contributed by atoms with Crippen molar-refractivity contribution in [2.45, 2.75) is 52.3 Å². The van der Waals surface area contributed by atoms with Crippen LogP contribution in [0.25, 0.3) is 10.9 Å². The first-order valence-electron chi connectivity index (χ1n) is 12.4. The van der Waals surface area contributed by atoms with Crippen molar-refractivity contribution in [2.24, 2.45) is 0 Å². The number of carbonyl (C=O) groups is 2. The molecule has 1 aromatic heterocycles. The van der Waals surface area contributed by atoms with E-state index < -0.39 is 5.60 Å². The Balaban J connectivity index is 1.56. The number of likely N-dealkylation sites (N-methyl/N-ethyl adjacent to an activating group) is 1. The molecule has 3 heterocycles. The molecular formula is C29H33N3O4. The number of carbonyl (C=O) groups excluding carboxylic acids is 2. The highest BCUT2D eigenvalue weighted by Gasteiger charge is 2.41. The maximum absolute atomic E-state index is 12.9. The average molecular weight is 488 g/mol. The Hall–Kier alpha value is -3.74. The van der Waals surface area contributed by atoms with Crippen molar-refractivity contribution >= 4 is 22.9 Å². The van der Waals surface area contributed by atoms with E-state index in [2.05, 4.69) is 23.3 Å². The van der Waals surface area contributed by atoms with E-state index in [0.717, 1.165) is 33.6 Å². The smallest absolute Gasteiger partial charge is 0.338 e.